The summed E-state index contributed by atoms with van der Waals surface area (Å²) in [5, 5.41) is 2.78. The molecule has 20 heavy (non-hydrogen) atoms. The van der Waals surface area contributed by atoms with E-state index in [2.05, 4.69) is 5.32 Å². The summed E-state index contributed by atoms with van der Waals surface area (Å²) in [7, 11) is 0. The minimum Gasteiger partial charge on any atom is -0.445 e. The Kier molecular flexibility index (Phi) is 4.61. The lowest BCUT2D eigenvalue weighted by molar-refractivity contribution is -0.130. The second-order valence-electron chi connectivity index (χ2n) is 5.21. The van der Waals surface area contributed by atoms with Crippen LogP contribution in [0.5, 0.6) is 0 Å². The van der Waals surface area contributed by atoms with Crippen LogP contribution >= 0.6 is 0 Å². The average Bonchev–Trinajstić information content (AvgIpc) is 2.45. The molecular formula is C15H20N2O3. The minimum absolute atomic E-state index is 0.0552. The summed E-state index contributed by atoms with van der Waals surface area (Å²) in [4.78, 5) is 25.5. The molecule has 5 nitrogen and oxygen atoms in total. The van der Waals surface area contributed by atoms with Gasteiger partial charge in [-0.1, -0.05) is 44.2 Å². The molecule has 1 saturated heterocycles. The van der Waals surface area contributed by atoms with Crippen molar-refractivity contribution in [2.75, 3.05) is 13.1 Å². The smallest absolute Gasteiger partial charge is 0.410 e. The van der Waals surface area contributed by atoms with Gasteiger partial charge in [-0.25, -0.2) is 4.79 Å². The first kappa shape index (κ1) is 14.4. The maximum absolute atomic E-state index is 12.2. The number of ether oxygens (including phenoxy) is 1. The summed E-state index contributed by atoms with van der Waals surface area (Å²) in [6, 6.07) is 9.05. The predicted molar refractivity (Wildman–Crippen MR) is 75.0 cm³/mol. The molecule has 1 aliphatic heterocycles. The molecule has 2 rings (SSSR count). The number of hydrogen-bond acceptors (Lipinski definition) is 3. The molecule has 1 aromatic carbocycles. The molecule has 1 fully saturated rings. The molecule has 1 atom stereocenters. The summed E-state index contributed by atoms with van der Waals surface area (Å²) in [5.41, 5.74) is 0.934. The van der Waals surface area contributed by atoms with Gasteiger partial charge >= 0.3 is 6.09 Å². The Balaban J connectivity index is 1.98. The van der Waals surface area contributed by atoms with Crippen molar-refractivity contribution in [3.63, 3.8) is 0 Å². The minimum atomic E-state index is -0.452. The highest BCUT2D eigenvalue weighted by atomic mass is 16.6. The molecule has 0 aromatic heterocycles. The van der Waals surface area contributed by atoms with Crippen LogP contribution in [-0.4, -0.2) is 36.0 Å². The number of hydrogen-bond donors (Lipinski definition) is 1. The molecule has 0 spiro atoms. The van der Waals surface area contributed by atoms with E-state index >= 15 is 0 Å². The van der Waals surface area contributed by atoms with E-state index in [1.807, 2.05) is 44.2 Å². The van der Waals surface area contributed by atoms with E-state index in [-0.39, 0.29) is 18.4 Å². The lowest BCUT2D eigenvalue weighted by Crippen LogP contribution is -2.59. The van der Waals surface area contributed by atoms with Crippen LogP contribution in [0, 0.1) is 5.92 Å². The molecular weight excluding hydrogens is 256 g/mol. The number of carbonyl (C=O) groups is 2. The maximum atomic E-state index is 12.2. The molecule has 5 heteroatoms. The fourth-order valence-corrected chi connectivity index (χ4v) is 2.35. The third-order valence-corrected chi connectivity index (χ3v) is 3.33. The average molecular weight is 276 g/mol. The van der Waals surface area contributed by atoms with Crippen LogP contribution in [-0.2, 0) is 16.1 Å². The van der Waals surface area contributed by atoms with Crippen LogP contribution in [0.3, 0.4) is 0 Å². The molecule has 0 aliphatic carbocycles. The lowest BCUT2D eigenvalue weighted by Gasteiger charge is -2.36. The topological polar surface area (TPSA) is 58.6 Å². The van der Waals surface area contributed by atoms with Crippen LogP contribution in [0.2, 0.25) is 0 Å². The molecule has 2 amide bonds. The van der Waals surface area contributed by atoms with Gasteiger partial charge in [-0.15, -0.1) is 0 Å². The Labute approximate surface area is 118 Å². The Morgan fingerprint density at radius 1 is 1.40 bits per heavy atom. The zero-order chi connectivity index (χ0) is 14.5. The van der Waals surface area contributed by atoms with Gasteiger partial charge in [-0.3, -0.25) is 9.69 Å². The molecule has 0 saturated carbocycles. The van der Waals surface area contributed by atoms with Crippen LogP contribution in [0.25, 0.3) is 0 Å². The van der Waals surface area contributed by atoms with Gasteiger partial charge in [0.1, 0.15) is 12.6 Å². The number of nitrogens with one attached hydrogen (secondary N) is 1. The van der Waals surface area contributed by atoms with Gasteiger partial charge < -0.3 is 10.1 Å². The summed E-state index contributed by atoms with van der Waals surface area (Å²) in [6.45, 7) is 5.04. The first-order valence-corrected chi connectivity index (χ1v) is 6.84. The Morgan fingerprint density at radius 3 is 2.75 bits per heavy atom. The summed E-state index contributed by atoms with van der Waals surface area (Å²) in [6.07, 6.45) is -0.428. The molecule has 0 radical (unpaired) electrons. The molecule has 1 aliphatic rings. The van der Waals surface area contributed by atoms with E-state index in [9.17, 15) is 9.59 Å². The third kappa shape index (κ3) is 3.29. The number of nitrogens with zero attached hydrogens (tertiary/aromatic N) is 1. The van der Waals surface area contributed by atoms with E-state index in [1.165, 1.54) is 4.90 Å². The zero-order valence-electron chi connectivity index (χ0n) is 11.8. The van der Waals surface area contributed by atoms with E-state index in [1.54, 1.807) is 0 Å². The lowest BCUT2D eigenvalue weighted by atomic mass is 10.0. The van der Waals surface area contributed by atoms with Crippen LogP contribution in [0.1, 0.15) is 19.4 Å². The second-order valence-corrected chi connectivity index (χ2v) is 5.21. The Bertz CT molecular complexity index is 473. The molecule has 0 bridgehead atoms. The first-order valence-electron chi connectivity index (χ1n) is 6.84. The highest BCUT2D eigenvalue weighted by Gasteiger charge is 2.36. The van der Waals surface area contributed by atoms with Crippen molar-refractivity contribution in [2.45, 2.75) is 26.5 Å². The fraction of sp³-hybridized carbons (Fsp3) is 0.467. The van der Waals surface area contributed by atoms with E-state index in [4.69, 9.17) is 4.74 Å². The standard InChI is InChI=1S/C15H20N2O3/c1-11(2)13-14(18)16-8-9-17(13)15(19)20-10-12-6-4-3-5-7-12/h3-7,11,13H,8-10H2,1-2H3,(H,16,18). The van der Waals surface area contributed by atoms with E-state index in [0.717, 1.165) is 5.56 Å². The van der Waals surface area contributed by atoms with Crippen molar-refractivity contribution in [1.29, 1.82) is 0 Å². The number of rotatable bonds is 3. The molecule has 1 aromatic rings. The van der Waals surface area contributed by atoms with Crippen molar-refractivity contribution in [3.8, 4) is 0 Å². The molecule has 1 heterocycles. The van der Waals surface area contributed by atoms with Gasteiger partial charge in [-0.05, 0) is 11.5 Å². The number of amides is 2. The largest absolute Gasteiger partial charge is 0.445 e. The SMILES string of the molecule is CC(C)C1C(=O)NCCN1C(=O)OCc1ccccc1. The molecule has 1 N–H and O–H groups in total. The highest BCUT2D eigenvalue weighted by molar-refractivity contribution is 5.87. The summed E-state index contributed by atoms with van der Waals surface area (Å²) in [5.74, 6) is -0.0533. The number of benzene rings is 1. The Hall–Kier alpha value is -2.04. The van der Waals surface area contributed by atoms with E-state index < -0.39 is 12.1 Å². The highest BCUT2D eigenvalue weighted by Crippen LogP contribution is 2.16. The van der Waals surface area contributed by atoms with Gasteiger partial charge in [0.15, 0.2) is 0 Å². The van der Waals surface area contributed by atoms with Crippen LogP contribution in [0.4, 0.5) is 4.79 Å². The first-order chi connectivity index (χ1) is 9.59. The van der Waals surface area contributed by atoms with Gasteiger partial charge in [0, 0.05) is 13.1 Å². The molecule has 108 valence electrons. The van der Waals surface area contributed by atoms with Crippen molar-refractivity contribution in [1.82, 2.24) is 10.2 Å². The van der Waals surface area contributed by atoms with Gasteiger partial charge in [0.2, 0.25) is 5.91 Å². The monoisotopic (exact) mass is 276 g/mol. The van der Waals surface area contributed by atoms with Gasteiger partial charge in [0.05, 0.1) is 0 Å². The summed E-state index contributed by atoms with van der Waals surface area (Å²) < 4.78 is 5.30. The van der Waals surface area contributed by atoms with Crippen molar-refractivity contribution >= 4 is 12.0 Å². The van der Waals surface area contributed by atoms with Crippen LogP contribution in [0.15, 0.2) is 30.3 Å². The second kappa shape index (κ2) is 6.41. The van der Waals surface area contributed by atoms with Crippen molar-refractivity contribution in [3.05, 3.63) is 35.9 Å². The van der Waals surface area contributed by atoms with Gasteiger partial charge in [-0.2, -0.15) is 0 Å². The van der Waals surface area contributed by atoms with E-state index in [0.29, 0.717) is 13.1 Å². The quantitative estimate of drug-likeness (QED) is 0.915. The van der Waals surface area contributed by atoms with Gasteiger partial charge in [0.25, 0.3) is 0 Å². The molecule has 1 unspecified atom stereocenters. The normalized spacial score (nSPS) is 18.9. The third-order valence-electron chi connectivity index (χ3n) is 3.33. The van der Waals surface area contributed by atoms with Crippen molar-refractivity contribution < 1.29 is 14.3 Å². The Morgan fingerprint density at radius 2 is 2.10 bits per heavy atom. The zero-order valence-corrected chi connectivity index (χ0v) is 11.8. The fourth-order valence-electron chi connectivity index (χ4n) is 2.35. The summed E-state index contributed by atoms with van der Waals surface area (Å²) >= 11 is 0. The predicted octanol–water partition coefficient (Wildman–Crippen LogP) is 1.78. The maximum Gasteiger partial charge on any atom is 0.410 e. The number of piperazine rings is 1. The van der Waals surface area contributed by atoms with Crippen molar-refractivity contribution in [2.24, 2.45) is 5.92 Å². The van der Waals surface area contributed by atoms with Crippen LogP contribution < -0.4 is 5.32 Å². The number of carbonyl (C=O) groups excluding carboxylic acids is 2.